The van der Waals surface area contributed by atoms with Crippen LogP contribution in [-0.2, 0) is 17.8 Å². The number of hydrogen-bond acceptors (Lipinski definition) is 4. The van der Waals surface area contributed by atoms with Crippen LogP contribution < -0.4 is 5.32 Å². The zero-order chi connectivity index (χ0) is 24.0. The van der Waals surface area contributed by atoms with E-state index in [9.17, 15) is 9.59 Å². The predicted octanol–water partition coefficient (Wildman–Crippen LogP) is 4.62. The van der Waals surface area contributed by atoms with Crippen LogP contribution in [0.1, 0.15) is 32.4 Å². The van der Waals surface area contributed by atoms with Gasteiger partial charge in [-0.2, -0.15) is 0 Å². The molecule has 1 aliphatic rings. The fourth-order valence-corrected chi connectivity index (χ4v) is 5.37. The minimum absolute atomic E-state index is 0.0164. The van der Waals surface area contributed by atoms with E-state index in [4.69, 9.17) is 0 Å². The molecular weight excluding hydrogens is 456 g/mol. The van der Waals surface area contributed by atoms with E-state index in [0.717, 1.165) is 23.2 Å². The first kappa shape index (κ1) is 22.9. The topological polar surface area (TPSA) is 67.2 Å². The molecule has 1 saturated heterocycles. The van der Waals surface area contributed by atoms with Crippen LogP contribution in [0.3, 0.4) is 0 Å². The van der Waals surface area contributed by atoms with E-state index >= 15 is 0 Å². The van der Waals surface area contributed by atoms with E-state index in [2.05, 4.69) is 22.4 Å². The molecule has 1 aromatic heterocycles. The predicted molar refractivity (Wildman–Crippen MR) is 138 cm³/mol. The first-order valence-corrected chi connectivity index (χ1v) is 12.6. The Morgan fingerprint density at radius 1 is 0.971 bits per heavy atom. The fourth-order valence-electron chi connectivity index (χ4n) is 4.15. The van der Waals surface area contributed by atoms with Crippen LogP contribution in [0.5, 0.6) is 0 Å². The molecule has 176 valence electrons. The van der Waals surface area contributed by atoms with Gasteiger partial charge in [0.25, 0.3) is 5.91 Å². The number of amides is 2. The lowest BCUT2D eigenvalue weighted by Crippen LogP contribution is -2.30. The number of rotatable bonds is 8. The molecule has 0 bridgehead atoms. The Balaban J connectivity index is 1.18. The molecule has 3 aromatic carbocycles. The number of nitrogens with zero attached hydrogens (tertiary/aromatic N) is 3. The lowest BCUT2D eigenvalue weighted by molar-refractivity contribution is -0.128. The lowest BCUT2D eigenvalue weighted by Gasteiger charge is -2.24. The summed E-state index contributed by atoms with van der Waals surface area (Å²) in [5.74, 6) is 0.532. The molecule has 1 fully saturated rings. The lowest BCUT2D eigenvalue weighted by atomic mass is 10.1. The average Bonchev–Trinajstić information content (AvgIpc) is 3.57. The monoisotopic (exact) mass is 482 g/mol. The molecule has 7 heteroatoms. The van der Waals surface area contributed by atoms with Gasteiger partial charge in [0.1, 0.15) is 5.37 Å². The molecule has 0 radical (unpaired) electrons. The van der Waals surface area contributed by atoms with Crippen LogP contribution in [-0.4, -0.2) is 38.6 Å². The minimum atomic E-state index is -0.119. The fraction of sp³-hybridized carbons (Fsp3) is 0.179. The summed E-state index contributed by atoms with van der Waals surface area (Å²) < 4.78 is 1.93. The van der Waals surface area contributed by atoms with Crippen molar-refractivity contribution >= 4 is 23.6 Å². The van der Waals surface area contributed by atoms with Crippen LogP contribution in [0.15, 0.2) is 97.6 Å². The highest BCUT2D eigenvalue weighted by Crippen LogP contribution is 2.38. The van der Waals surface area contributed by atoms with Crippen molar-refractivity contribution in [2.24, 2.45) is 0 Å². The highest BCUT2D eigenvalue weighted by atomic mass is 32.2. The van der Waals surface area contributed by atoms with Crippen LogP contribution in [0.25, 0.3) is 5.69 Å². The average molecular weight is 483 g/mol. The second-order valence-corrected chi connectivity index (χ2v) is 9.50. The van der Waals surface area contributed by atoms with Gasteiger partial charge in [0.05, 0.1) is 12.1 Å². The van der Waals surface area contributed by atoms with E-state index in [-0.39, 0.29) is 17.2 Å². The van der Waals surface area contributed by atoms with Gasteiger partial charge in [-0.25, -0.2) is 4.98 Å². The number of benzene rings is 3. The maximum atomic E-state index is 12.7. The standard InChI is InChI=1S/C28H26N4O2S/c33-26-19-35-28(32(26)16-14-21-4-2-1-3-5-21)24-10-8-23(9-11-24)27(34)30-18-22-6-12-25(13-7-22)31-17-15-29-20-31/h1-13,15,17,20,28H,14,16,18-19H2,(H,30,34)/t28-/m0/s1. The van der Waals surface area contributed by atoms with E-state index in [1.165, 1.54) is 5.56 Å². The summed E-state index contributed by atoms with van der Waals surface area (Å²) in [4.78, 5) is 31.2. The molecule has 0 spiro atoms. The Bertz CT molecular complexity index is 1270. The third kappa shape index (κ3) is 5.46. The summed E-state index contributed by atoms with van der Waals surface area (Å²) >= 11 is 1.64. The van der Waals surface area contributed by atoms with Crippen LogP contribution in [0.2, 0.25) is 0 Å². The van der Waals surface area contributed by atoms with Gasteiger partial charge in [-0.05, 0) is 47.4 Å². The SMILES string of the molecule is O=C(NCc1ccc(-n2ccnc2)cc1)c1ccc([C@@H]2SCC(=O)N2CCc2ccccc2)cc1. The zero-order valence-electron chi connectivity index (χ0n) is 19.2. The van der Waals surface area contributed by atoms with Crippen LogP contribution >= 0.6 is 11.8 Å². The molecule has 1 aliphatic heterocycles. The summed E-state index contributed by atoms with van der Waals surface area (Å²) in [6.45, 7) is 1.13. The van der Waals surface area contributed by atoms with Gasteiger partial charge in [0.15, 0.2) is 0 Å². The number of carbonyl (C=O) groups is 2. The molecule has 4 aromatic rings. The quantitative estimate of drug-likeness (QED) is 0.398. The van der Waals surface area contributed by atoms with Gasteiger partial charge in [-0.1, -0.05) is 54.6 Å². The normalized spacial score (nSPS) is 15.4. The third-order valence-electron chi connectivity index (χ3n) is 6.10. The number of imidazole rings is 1. The second kappa shape index (κ2) is 10.6. The molecule has 1 N–H and O–H groups in total. The largest absolute Gasteiger partial charge is 0.348 e. The van der Waals surface area contributed by atoms with Crippen molar-refractivity contribution < 1.29 is 9.59 Å². The smallest absolute Gasteiger partial charge is 0.251 e. The summed E-state index contributed by atoms with van der Waals surface area (Å²) in [5, 5.41) is 2.97. The molecule has 0 saturated carbocycles. The van der Waals surface area contributed by atoms with Gasteiger partial charge >= 0.3 is 0 Å². The van der Waals surface area contributed by atoms with Gasteiger partial charge in [-0.15, -0.1) is 11.8 Å². The Kier molecular flexibility index (Phi) is 6.95. The minimum Gasteiger partial charge on any atom is -0.348 e. The van der Waals surface area contributed by atoms with Crippen LogP contribution in [0, 0.1) is 0 Å². The molecule has 35 heavy (non-hydrogen) atoms. The Labute approximate surface area is 209 Å². The number of carbonyl (C=O) groups excluding carboxylic acids is 2. The molecule has 6 nitrogen and oxygen atoms in total. The summed E-state index contributed by atoms with van der Waals surface area (Å²) in [6.07, 6.45) is 6.21. The van der Waals surface area contributed by atoms with Crippen molar-refractivity contribution in [1.29, 1.82) is 0 Å². The van der Waals surface area contributed by atoms with E-state index < -0.39 is 0 Å². The first-order chi connectivity index (χ1) is 17.2. The summed E-state index contributed by atoms with van der Waals surface area (Å²) in [7, 11) is 0. The van der Waals surface area contributed by atoms with Gasteiger partial charge in [0.2, 0.25) is 5.91 Å². The van der Waals surface area contributed by atoms with Gasteiger partial charge < -0.3 is 14.8 Å². The van der Waals surface area contributed by atoms with Crippen LogP contribution in [0.4, 0.5) is 0 Å². The highest BCUT2D eigenvalue weighted by Gasteiger charge is 2.32. The Morgan fingerprint density at radius 3 is 2.46 bits per heavy atom. The number of aromatic nitrogens is 2. The molecule has 2 heterocycles. The summed E-state index contributed by atoms with van der Waals surface area (Å²) in [5.41, 5.74) is 4.91. The number of hydrogen-bond donors (Lipinski definition) is 1. The molecule has 0 aliphatic carbocycles. The first-order valence-electron chi connectivity index (χ1n) is 11.6. The Hall–Kier alpha value is -3.84. The number of thioether (sulfide) groups is 1. The molecule has 2 amide bonds. The van der Waals surface area contributed by atoms with Crippen molar-refractivity contribution in [1.82, 2.24) is 19.8 Å². The summed E-state index contributed by atoms with van der Waals surface area (Å²) in [6, 6.07) is 25.8. The van der Waals surface area contributed by atoms with E-state index in [0.29, 0.717) is 24.4 Å². The second-order valence-electron chi connectivity index (χ2n) is 8.43. The third-order valence-corrected chi connectivity index (χ3v) is 7.36. The molecular formula is C28H26N4O2S. The van der Waals surface area contributed by atoms with Crippen molar-refractivity contribution in [2.45, 2.75) is 18.3 Å². The molecule has 5 rings (SSSR count). The maximum Gasteiger partial charge on any atom is 0.251 e. The van der Waals surface area contributed by atoms with E-state index in [1.807, 2.05) is 82.4 Å². The molecule has 1 atom stereocenters. The zero-order valence-corrected chi connectivity index (χ0v) is 20.0. The van der Waals surface area contributed by atoms with Gasteiger partial charge in [0, 0.05) is 36.7 Å². The van der Waals surface area contributed by atoms with Crippen molar-refractivity contribution in [3.8, 4) is 5.69 Å². The van der Waals surface area contributed by atoms with Crippen molar-refractivity contribution in [3.05, 3.63) is 120 Å². The van der Waals surface area contributed by atoms with Gasteiger partial charge in [-0.3, -0.25) is 9.59 Å². The number of nitrogens with one attached hydrogen (secondary N) is 1. The van der Waals surface area contributed by atoms with Crippen molar-refractivity contribution in [3.63, 3.8) is 0 Å². The van der Waals surface area contributed by atoms with E-state index in [1.54, 1.807) is 24.3 Å². The Morgan fingerprint density at radius 2 is 1.74 bits per heavy atom. The molecule has 0 unspecified atom stereocenters. The maximum absolute atomic E-state index is 12.7. The highest BCUT2D eigenvalue weighted by molar-refractivity contribution is 8.00. The van der Waals surface area contributed by atoms with Crippen molar-refractivity contribution in [2.75, 3.05) is 12.3 Å².